The standard InChI is InChI=1S/C28H23FN8O/c1-2-3-7-23(38)33-18-11-17(14-30-15-18)16-12-19-24(20(29)13-16)36-37-25(19)28-34-22-8-10-32-26(27(22)35-28)21-6-4-5-9-31-21/h4-6,8-15H,2-3,7H2,1H3,(H,33,38)(H,34,35)(H,36,37). The van der Waals surface area contributed by atoms with Crippen LogP contribution >= 0.6 is 0 Å². The normalized spacial score (nSPS) is 11.3. The highest BCUT2D eigenvalue weighted by molar-refractivity contribution is 5.98. The molecule has 0 saturated heterocycles. The summed E-state index contributed by atoms with van der Waals surface area (Å²) < 4.78 is 15.2. The Labute approximate surface area is 216 Å². The number of imidazole rings is 1. The van der Waals surface area contributed by atoms with Crippen LogP contribution in [-0.4, -0.2) is 41.0 Å². The fourth-order valence-electron chi connectivity index (χ4n) is 4.39. The van der Waals surface area contributed by atoms with E-state index in [0.29, 0.717) is 57.0 Å². The smallest absolute Gasteiger partial charge is 0.224 e. The molecule has 0 saturated carbocycles. The number of halogens is 1. The van der Waals surface area contributed by atoms with E-state index in [0.717, 1.165) is 18.4 Å². The third-order valence-corrected chi connectivity index (χ3v) is 6.27. The summed E-state index contributed by atoms with van der Waals surface area (Å²) in [6.07, 6.45) is 8.79. The number of fused-ring (bicyclic) bond motifs is 2. The molecule has 5 aromatic heterocycles. The number of H-pyrrole nitrogens is 2. The van der Waals surface area contributed by atoms with Gasteiger partial charge in [0.25, 0.3) is 0 Å². The van der Waals surface area contributed by atoms with Gasteiger partial charge in [0.15, 0.2) is 11.6 Å². The Bertz CT molecular complexity index is 1780. The lowest BCUT2D eigenvalue weighted by Crippen LogP contribution is -2.11. The minimum atomic E-state index is -0.482. The summed E-state index contributed by atoms with van der Waals surface area (Å²) in [4.78, 5) is 33.4. The van der Waals surface area contributed by atoms with Crippen LogP contribution in [0.25, 0.3) is 56.0 Å². The first-order valence-electron chi connectivity index (χ1n) is 12.3. The minimum absolute atomic E-state index is 0.0750. The lowest BCUT2D eigenvalue weighted by atomic mass is 10.0. The number of aromatic amines is 2. The lowest BCUT2D eigenvalue weighted by molar-refractivity contribution is -0.116. The molecule has 0 fully saturated rings. The number of hydrogen-bond donors (Lipinski definition) is 3. The molecule has 6 aromatic rings. The SMILES string of the molecule is CCCCC(=O)Nc1cncc(-c2cc(F)c3n[nH]c(-c4nc5c(-c6ccccn6)nccc5[nH]4)c3c2)c1. The molecule has 3 N–H and O–H groups in total. The van der Waals surface area contributed by atoms with E-state index in [4.69, 9.17) is 4.98 Å². The largest absolute Gasteiger partial charge is 0.337 e. The van der Waals surface area contributed by atoms with Crippen LogP contribution in [0.5, 0.6) is 0 Å². The number of hydrogen-bond acceptors (Lipinski definition) is 6. The molecule has 1 amide bonds. The highest BCUT2D eigenvalue weighted by atomic mass is 19.1. The Morgan fingerprint density at radius 3 is 2.79 bits per heavy atom. The van der Waals surface area contributed by atoms with Gasteiger partial charge in [-0.1, -0.05) is 19.4 Å². The van der Waals surface area contributed by atoms with Crippen molar-refractivity contribution in [3.63, 3.8) is 0 Å². The number of pyridine rings is 3. The molecule has 0 radical (unpaired) electrons. The van der Waals surface area contributed by atoms with Gasteiger partial charge in [0.1, 0.15) is 22.4 Å². The molecule has 0 aliphatic heterocycles. The number of anilines is 1. The van der Waals surface area contributed by atoms with Crippen molar-refractivity contribution in [3.8, 4) is 34.0 Å². The molecule has 0 unspecified atom stereocenters. The Hall–Kier alpha value is -4.99. The fraction of sp³-hybridized carbons (Fsp3) is 0.143. The van der Waals surface area contributed by atoms with Gasteiger partial charge in [0.05, 0.1) is 23.1 Å². The number of benzene rings is 1. The van der Waals surface area contributed by atoms with E-state index >= 15 is 4.39 Å². The van der Waals surface area contributed by atoms with E-state index in [9.17, 15) is 4.79 Å². The van der Waals surface area contributed by atoms with Crippen molar-refractivity contribution >= 4 is 33.5 Å². The molecule has 0 aliphatic carbocycles. The van der Waals surface area contributed by atoms with Gasteiger partial charge in [0.2, 0.25) is 5.91 Å². The summed E-state index contributed by atoms with van der Waals surface area (Å²) in [6.45, 7) is 2.03. The van der Waals surface area contributed by atoms with Gasteiger partial charge in [-0.25, -0.2) is 9.37 Å². The highest BCUT2D eigenvalue weighted by Gasteiger charge is 2.19. The first kappa shape index (κ1) is 23.4. The minimum Gasteiger partial charge on any atom is -0.337 e. The second kappa shape index (κ2) is 9.81. The van der Waals surface area contributed by atoms with E-state index in [2.05, 4.69) is 35.5 Å². The van der Waals surface area contributed by atoms with E-state index in [1.807, 2.05) is 37.3 Å². The van der Waals surface area contributed by atoms with Gasteiger partial charge in [0, 0.05) is 36.0 Å². The van der Waals surface area contributed by atoms with Crippen LogP contribution in [-0.2, 0) is 4.79 Å². The molecule has 6 rings (SSSR count). The second-order valence-electron chi connectivity index (χ2n) is 8.92. The van der Waals surface area contributed by atoms with Crippen molar-refractivity contribution in [3.05, 3.63) is 73.1 Å². The number of carbonyl (C=O) groups excluding carboxylic acids is 1. The summed E-state index contributed by atoms with van der Waals surface area (Å²) in [5, 5.41) is 10.6. The number of aromatic nitrogens is 7. The van der Waals surface area contributed by atoms with Gasteiger partial charge < -0.3 is 10.3 Å². The van der Waals surface area contributed by atoms with Crippen LogP contribution in [0.3, 0.4) is 0 Å². The van der Waals surface area contributed by atoms with Crippen molar-refractivity contribution in [1.29, 1.82) is 0 Å². The van der Waals surface area contributed by atoms with Crippen LogP contribution in [0.2, 0.25) is 0 Å². The summed E-state index contributed by atoms with van der Waals surface area (Å²) >= 11 is 0. The Morgan fingerprint density at radius 2 is 1.95 bits per heavy atom. The van der Waals surface area contributed by atoms with E-state index in [1.165, 1.54) is 6.07 Å². The van der Waals surface area contributed by atoms with Gasteiger partial charge >= 0.3 is 0 Å². The molecule has 9 nitrogen and oxygen atoms in total. The predicted octanol–water partition coefficient (Wildman–Crippen LogP) is 5.89. The van der Waals surface area contributed by atoms with Crippen molar-refractivity contribution in [2.24, 2.45) is 0 Å². The topological polar surface area (TPSA) is 125 Å². The summed E-state index contributed by atoms with van der Waals surface area (Å²) in [5.41, 5.74) is 5.33. The van der Waals surface area contributed by atoms with Crippen LogP contribution in [0.4, 0.5) is 10.1 Å². The third kappa shape index (κ3) is 4.36. The van der Waals surface area contributed by atoms with Gasteiger partial charge in [-0.15, -0.1) is 0 Å². The van der Waals surface area contributed by atoms with E-state index in [1.54, 1.807) is 30.9 Å². The summed E-state index contributed by atoms with van der Waals surface area (Å²) in [5.74, 6) is -0.0577. The van der Waals surface area contributed by atoms with Crippen LogP contribution in [0, 0.1) is 5.82 Å². The fourth-order valence-corrected chi connectivity index (χ4v) is 4.39. The average Bonchev–Trinajstić information content (AvgIpc) is 3.57. The average molecular weight is 507 g/mol. The Morgan fingerprint density at radius 1 is 1.03 bits per heavy atom. The molecule has 1 aromatic carbocycles. The zero-order chi connectivity index (χ0) is 26.1. The van der Waals surface area contributed by atoms with Gasteiger partial charge in [-0.2, -0.15) is 5.10 Å². The number of carbonyl (C=O) groups is 1. The molecule has 5 heterocycles. The van der Waals surface area contributed by atoms with Crippen molar-refractivity contribution in [1.82, 2.24) is 35.1 Å². The first-order valence-corrected chi connectivity index (χ1v) is 12.3. The molecule has 0 bridgehead atoms. The molecular weight excluding hydrogens is 483 g/mol. The number of amides is 1. The Balaban J connectivity index is 1.40. The highest BCUT2D eigenvalue weighted by Crippen LogP contribution is 2.33. The number of unbranched alkanes of at least 4 members (excludes halogenated alkanes) is 1. The number of rotatable bonds is 7. The molecule has 10 heteroatoms. The quantitative estimate of drug-likeness (QED) is 0.248. The van der Waals surface area contributed by atoms with Crippen molar-refractivity contribution < 1.29 is 9.18 Å². The van der Waals surface area contributed by atoms with Crippen molar-refractivity contribution in [2.75, 3.05) is 5.32 Å². The monoisotopic (exact) mass is 506 g/mol. The molecule has 0 spiro atoms. The maximum Gasteiger partial charge on any atom is 0.224 e. The zero-order valence-corrected chi connectivity index (χ0v) is 20.5. The maximum atomic E-state index is 15.2. The third-order valence-electron chi connectivity index (χ3n) is 6.27. The lowest BCUT2D eigenvalue weighted by Gasteiger charge is -2.08. The van der Waals surface area contributed by atoms with E-state index < -0.39 is 5.82 Å². The predicted molar refractivity (Wildman–Crippen MR) is 144 cm³/mol. The zero-order valence-electron chi connectivity index (χ0n) is 20.5. The molecule has 38 heavy (non-hydrogen) atoms. The first-order chi connectivity index (χ1) is 18.6. The molecular formula is C28H23FN8O. The number of nitrogens with one attached hydrogen (secondary N) is 3. The Kier molecular flexibility index (Phi) is 6.04. The van der Waals surface area contributed by atoms with Gasteiger partial charge in [-0.3, -0.25) is 24.8 Å². The molecule has 0 atom stereocenters. The summed E-state index contributed by atoms with van der Waals surface area (Å²) in [6, 6.07) is 12.5. The summed E-state index contributed by atoms with van der Waals surface area (Å²) in [7, 11) is 0. The second-order valence-corrected chi connectivity index (χ2v) is 8.92. The molecule has 188 valence electrons. The van der Waals surface area contributed by atoms with Crippen molar-refractivity contribution in [2.45, 2.75) is 26.2 Å². The van der Waals surface area contributed by atoms with Crippen LogP contribution < -0.4 is 5.32 Å². The van der Waals surface area contributed by atoms with Gasteiger partial charge in [-0.05, 0) is 48.4 Å². The number of nitrogens with zero attached hydrogens (tertiary/aromatic N) is 5. The molecule has 0 aliphatic rings. The van der Waals surface area contributed by atoms with Crippen LogP contribution in [0.15, 0.2) is 67.3 Å². The van der Waals surface area contributed by atoms with E-state index in [-0.39, 0.29) is 11.4 Å². The maximum absolute atomic E-state index is 15.2. The van der Waals surface area contributed by atoms with Crippen LogP contribution in [0.1, 0.15) is 26.2 Å².